The second-order valence-corrected chi connectivity index (χ2v) is 4.84. The highest BCUT2D eigenvalue weighted by Gasteiger charge is 2.09. The van der Waals surface area contributed by atoms with Crippen LogP contribution >= 0.6 is 0 Å². The summed E-state index contributed by atoms with van der Waals surface area (Å²) in [5.41, 5.74) is 3.76. The molecule has 0 atom stereocenters. The molecule has 0 fully saturated rings. The summed E-state index contributed by atoms with van der Waals surface area (Å²) in [6, 6.07) is 12.1. The fourth-order valence-electron chi connectivity index (χ4n) is 2.06. The van der Waals surface area contributed by atoms with Crippen LogP contribution in [0.2, 0.25) is 0 Å². The van der Waals surface area contributed by atoms with Crippen LogP contribution in [0.4, 0.5) is 4.39 Å². The van der Waals surface area contributed by atoms with E-state index in [4.69, 9.17) is 0 Å². The van der Waals surface area contributed by atoms with Gasteiger partial charge in [0.2, 0.25) is 0 Å². The topological polar surface area (TPSA) is 38.7 Å². The van der Waals surface area contributed by atoms with Crippen LogP contribution in [0.25, 0.3) is 22.8 Å². The number of aromatic nitrogens is 3. The number of hydrogen-bond donors (Lipinski definition) is 0. The van der Waals surface area contributed by atoms with Crippen molar-refractivity contribution in [3.63, 3.8) is 0 Å². The van der Waals surface area contributed by atoms with E-state index in [1.165, 1.54) is 6.07 Å². The van der Waals surface area contributed by atoms with Gasteiger partial charge in [0, 0.05) is 17.5 Å². The third kappa shape index (κ3) is 2.65. The lowest BCUT2D eigenvalue weighted by Crippen LogP contribution is -1.97. The Bertz CT molecular complexity index is 800. The molecular weight excluding hydrogens is 265 g/mol. The van der Waals surface area contributed by atoms with Gasteiger partial charge in [-0.3, -0.25) is 0 Å². The Morgan fingerprint density at radius 3 is 2.43 bits per heavy atom. The molecule has 4 heteroatoms. The van der Waals surface area contributed by atoms with Crippen molar-refractivity contribution in [1.29, 1.82) is 0 Å². The van der Waals surface area contributed by atoms with E-state index in [2.05, 4.69) is 15.0 Å². The minimum Gasteiger partial charge on any atom is -0.250 e. The van der Waals surface area contributed by atoms with Crippen molar-refractivity contribution in [2.75, 3.05) is 0 Å². The molecule has 0 unspecified atom stereocenters. The maximum atomic E-state index is 13.9. The molecule has 0 aliphatic heterocycles. The molecule has 0 amide bonds. The van der Waals surface area contributed by atoms with E-state index in [1.807, 2.05) is 26.0 Å². The number of halogens is 1. The fraction of sp³-hybridized carbons (Fsp3) is 0.118. The van der Waals surface area contributed by atoms with Crippen molar-refractivity contribution in [2.45, 2.75) is 13.8 Å². The second kappa shape index (κ2) is 5.40. The molecule has 3 rings (SSSR count). The molecule has 0 saturated carbocycles. The Labute approximate surface area is 122 Å². The average Bonchev–Trinajstić information content (AvgIpc) is 2.51. The Kier molecular flexibility index (Phi) is 3.44. The Hall–Kier alpha value is -2.62. The zero-order valence-electron chi connectivity index (χ0n) is 11.8. The molecule has 0 aliphatic rings. The smallest absolute Gasteiger partial charge is 0.178 e. The van der Waals surface area contributed by atoms with Crippen LogP contribution in [0.1, 0.15) is 11.3 Å². The highest BCUT2D eigenvalue weighted by Crippen LogP contribution is 2.22. The van der Waals surface area contributed by atoms with Gasteiger partial charge in [-0.15, -0.1) is 0 Å². The van der Waals surface area contributed by atoms with E-state index in [-0.39, 0.29) is 5.82 Å². The Morgan fingerprint density at radius 2 is 1.67 bits per heavy atom. The van der Waals surface area contributed by atoms with Crippen LogP contribution < -0.4 is 0 Å². The summed E-state index contributed by atoms with van der Waals surface area (Å²) >= 11 is 0. The molecule has 2 aromatic heterocycles. The van der Waals surface area contributed by atoms with Crippen LogP contribution in [0.15, 0.2) is 48.7 Å². The summed E-state index contributed by atoms with van der Waals surface area (Å²) in [6.45, 7) is 3.95. The number of rotatable bonds is 2. The average molecular weight is 279 g/mol. The minimum absolute atomic E-state index is 0.296. The number of hydrogen-bond acceptors (Lipinski definition) is 3. The summed E-state index contributed by atoms with van der Waals surface area (Å²) in [5.74, 6) is 0.203. The summed E-state index contributed by atoms with van der Waals surface area (Å²) < 4.78 is 13.9. The lowest BCUT2D eigenvalue weighted by Gasteiger charge is -2.06. The van der Waals surface area contributed by atoms with E-state index >= 15 is 0 Å². The van der Waals surface area contributed by atoms with E-state index < -0.39 is 0 Å². The lowest BCUT2D eigenvalue weighted by atomic mass is 10.1. The Morgan fingerprint density at radius 1 is 0.857 bits per heavy atom. The van der Waals surface area contributed by atoms with Gasteiger partial charge in [0.15, 0.2) is 5.82 Å². The molecule has 3 nitrogen and oxygen atoms in total. The van der Waals surface area contributed by atoms with Crippen molar-refractivity contribution in [2.24, 2.45) is 0 Å². The van der Waals surface area contributed by atoms with Crippen molar-refractivity contribution >= 4 is 0 Å². The van der Waals surface area contributed by atoms with Crippen molar-refractivity contribution in [1.82, 2.24) is 15.0 Å². The zero-order chi connectivity index (χ0) is 14.8. The maximum absolute atomic E-state index is 13.9. The fourth-order valence-corrected chi connectivity index (χ4v) is 2.06. The van der Waals surface area contributed by atoms with E-state index in [9.17, 15) is 4.39 Å². The molecule has 21 heavy (non-hydrogen) atoms. The minimum atomic E-state index is -0.296. The van der Waals surface area contributed by atoms with Crippen molar-refractivity contribution < 1.29 is 4.39 Å². The summed E-state index contributed by atoms with van der Waals surface area (Å²) in [7, 11) is 0. The van der Waals surface area contributed by atoms with Crippen LogP contribution in [0.5, 0.6) is 0 Å². The number of nitrogens with zero attached hydrogens (tertiary/aromatic N) is 3. The number of pyridine rings is 1. The molecule has 0 radical (unpaired) electrons. The number of aryl methyl sites for hydroxylation is 2. The van der Waals surface area contributed by atoms with Crippen molar-refractivity contribution in [3.8, 4) is 22.8 Å². The summed E-state index contributed by atoms with van der Waals surface area (Å²) in [4.78, 5) is 13.2. The molecule has 3 aromatic rings. The molecule has 0 aliphatic carbocycles. The van der Waals surface area contributed by atoms with Gasteiger partial charge in [0.05, 0.1) is 5.69 Å². The quantitative estimate of drug-likeness (QED) is 0.712. The first-order valence-electron chi connectivity index (χ1n) is 6.68. The third-order valence-corrected chi connectivity index (χ3v) is 3.38. The van der Waals surface area contributed by atoms with E-state index in [0.717, 1.165) is 11.3 Å². The monoisotopic (exact) mass is 279 g/mol. The molecule has 1 aromatic carbocycles. The van der Waals surface area contributed by atoms with Crippen LogP contribution in [-0.4, -0.2) is 15.0 Å². The lowest BCUT2D eigenvalue weighted by molar-refractivity contribution is 0.630. The number of benzene rings is 1. The molecule has 104 valence electrons. The molecule has 0 N–H and O–H groups in total. The third-order valence-electron chi connectivity index (χ3n) is 3.38. The van der Waals surface area contributed by atoms with Gasteiger partial charge in [0.25, 0.3) is 0 Å². The molecule has 0 bridgehead atoms. The van der Waals surface area contributed by atoms with Gasteiger partial charge in [0.1, 0.15) is 11.5 Å². The Balaban J connectivity index is 2.08. The predicted molar refractivity (Wildman–Crippen MR) is 80.1 cm³/mol. The van der Waals surface area contributed by atoms with Crippen LogP contribution in [0.3, 0.4) is 0 Å². The van der Waals surface area contributed by atoms with Gasteiger partial charge < -0.3 is 0 Å². The largest absolute Gasteiger partial charge is 0.250 e. The highest BCUT2D eigenvalue weighted by molar-refractivity contribution is 5.62. The van der Waals surface area contributed by atoms with E-state index in [1.54, 1.807) is 30.5 Å². The second-order valence-electron chi connectivity index (χ2n) is 4.84. The first-order chi connectivity index (χ1) is 10.1. The normalized spacial score (nSPS) is 10.6. The van der Waals surface area contributed by atoms with Gasteiger partial charge in [-0.1, -0.05) is 18.2 Å². The standard InChI is InChI=1S/C17H14FN3/c1-11-7-8-16(20-12(11)2)17-19-10-9-15(21-17)13-5-3-4-6-14(13)18/h3-10H,1-2H3. The van der Waals surface area contributed by atoms with Gasteiger partial charge in [-0.25, -0.2) is 19.3 Å². The van der Waals surface area contributed by atoms with Gasteiger partial charge >= 0.3 is 0 Å². The summed E-state index contributed by atoms with van der Waals surface area (Å²) in [6.07, 6.45) is 1.63. The van der Waals surface area contributed by atoms with Gasteiger partial charge in [-0.05, 0) is 43.7 Å². The molecule has 0 spiro atoms. The molecular formula is C17H14FN3. The highest BCUT2D eigenvalue weighted by atomic mass is 19.1. The molecule has 2 heterocycles. The first kappa shape index (κ1) is 13.4. The van der Waals surface area contributed by atoms with Crippen LogP contribution in [0, 0.1) is 19.7 Å². The molecule has 0 saturated heterocycles. The predicted octanol–water partition coefficient (Wildman–Crippen LogP) is 3.96. The van der Waals surface area contributed by atoms with Crippen molar-refractivity contribution in [3.05, 3.63) is 65.7 Å². The first-order valence-corrected chi connectivity index (χ1v) is 6.68. The summed E-state index contributed by atoms with van der Waals surface area (Å²) in [5, 5.41) is 0. The maximum Gasteiger partial charge on any atom is 0.178 e. The SMILES string of the molecule is Cc1ccc(-c2nccc(-c3ccccc3F)n2)nc1C. The zero-order valence-corrected chi connectivity index (χ0v) is 11.8. The van der Waals surface area contributed by atoms with Crippen LogP contribution in [-0.2, 0) is 0 Å². The van der Waals surface area contributed by atoms with Gasteiger partial charge in [-0.2, -0.15) is 0 Å². The van der Waals surface area contributed by atoms with E-state index in [0.29, 0.717) is 22.8 Å².